The molecule has 4 rings (SSSR count). The second-order valence-electron chi connectivity index (χ2n) is 7.18. The summed E-state index contributed by atoms with van der Waals surface area (Å²) in [6.45, 7) is 2.94. The van der Waals surface area contributed by atoms with Crippen molar-refractivity contribution in [3.05, 3.63) is 60.4 Å². The molecule has 0 spiro atoms. The van der Waals surface area contributed by atoms with Gasteiger partial charge in [-0.2, -0.15) is 4.31 Å². The van der Waals surface area contributed by atoms with Crippen LogP contribution in [0.2, 0.25) is 0 Å². The third-order valence-electron chi connectivity index (χ3n) is 4.96. The van der Waals surface area contributed by atoms with Crippen molar-refractivity contribution in [3.8, 4) is 5.69 Å². The number of aryl methyl sites for hydroxylation is 1. The number of aromatic nitrogens is 3. The second kappa shape index (κ2) is 9.21. The van der Waals surface area contributed by atoms with Crippen LogP contribution in [0.5, 0.6) is 0 Å². The number of rotatable bonds is 7. The maximum Gasteiger partial charge on any atom is 0.243 e. The van der Waals surface area contributed by atoms with Crippen molar-refractivity contribution in [2.45, 2.75) is 29.8 Å². The number of nitrogens with zero attached hydrogens (tertiary/aromatic N) is 4. The molecule has 0 aliphatic carbocycles. The van der Waals surface area contributed by atoms with Crippen molar-refractivity contribution in [3.63, 3.8) is 0 Å². The van der Waals surface area contributed by atoms with E-state index in [0.717, 1.165) is 24.4 Å². The first kappa shape index (κ1) is 21.5. The molecule has 2 heterocycles. The molecule has 0 saturated carbocycles. The summed E-state index contributed by atoms with van der Waals surface area (Å²) in [6.07, 6.45) is 1.75. The molecular formula is C21H23N5O3S2. The Bertz CT molecular complexity index is 1170. The van der Waals surface area contributed by atoms with Gasteiger partial charge in [0.15, 0.2) is 5.16 Å². The highest BCUT2D eigenvalue weighted by atomic mass is 32.2. The number of carbonyl (C=O) groups excluding carboxylic acids is 1. The fourth-order valence-corrected chi connectivity index (χ4v) is 5.81. The third-order valence-corrected chi connectivity index (χ3v) is 7.79. The quantitative estimate of drug-likeness (QED) is 0.548. The molecule has 0 unspecified atom stereocenters. The van der Waals surface area contributed by atoms with Gasteiger partial charge in [-0.05, 0) is 50.1 Å². The molecule has 8 nitrogen and oxygen atoms in total. The molecule has 1 aliphatic rings. The first-order valence-electron chi connectivity index (χ1n) is 9.95. The summed E-state index contributed by atoms with van der Waals surface area (Å²) >= 11 is 1.27. The lowest BCUT2D eigenvalue weighted by Gasteiger charge is -2.16. The highest BCUT2D eigenvalue weighted by Crippen LogP contribution is 2.24. The summed E-state index contributed by atoms with van der Waals surface area (Å²) in [5.74, 6) is 0.601. The number of thioether (sulfide) groups is 1. The Balaban J connectivity index is 1.43. The molecule has 10 heteroatoms. The molecule has 1 fully saturated rings. The van der Waals surface area contributed by atoms with E-state index in [0.29, 0.717) is 23.9 Å². The zero-order valence-corrected chi connectivity index (χ0v) is 18.7. The van der Waals surface area contributed by atoms with Gasteiger partial charge in [-0.15, -0.1) is 10.2 Å². The summed E-state index contributed by atoms with van der Waals surface area (Å²) in [5.41, 5.74) is 1.37. The van der Waals surface area contributed by atoms with Crippen LogP contribution in [0.15, 0.2) is 64.6 Å². The first-order chi connectivity index (χ1) is 14.9. The van der Waals surface area contributed by atoms with Crippen LogP contribution in [0.4, 0.5) is 5.69 Å². The van der Waals surface area contributed by atoms with Gasteiger partial charge < -0.3 is 5.32 Å². The maximum absolute atomic E-state index is 12.7. The van der Waals surface area contributed by atoms with Crippen molar-refractivity contribution in [1.82, 2.24) is 19.1 Å². The number of hydrogen-bond donors (Lipinski definition) is 1. The molecule has 0 bridgehead atoms. The molecule has 1 amide bonds. The van der Waals surface area contributed by atoms with Crippen LogP contribution < -0.4 is 5.32 Å². The van der Waals surface area contributed by atoms with Crippen LogP contribution in [0, 0.1) is 6.92 Å². The van der Waals surface area contributed by atoms with Crippen LogP contribution in [0.25, 0.3) is 5.69 Å². The molecule has 1 saturated heterocycles. The molecule has 31 heavy (non-hydrogen) atoms. The number of benzene rings is 2. The minimum Gasteiger partial charge on any atom is -0.325 e. The van der Waals surface area contributed by atoms with E-state index in [4.69, 9.17) is 0 Å². The predicted octanol–water partition coefficient (Wildman–Crippen LogP) is 3.09. The van der Waals surface area contributed by atoms with Crippen LogP contribution >= 0.6 is 11.8 Å². The standard InChI is InChI=1S/C21H23N5O3S2/c1-16-23-24-21(26(16)18-9-3-2-4-10-18)30-15-20(27)22-17-8-7-11-19(14-17)31(28,29)25-12-5-6-13-25/h2-4,7-11,14H,5-6,12-13,15H2,1H3,(H,22,27). The van der Waals surface area contributed by atoms with Gasteiger partial charge in [0.1, 0.15) is 5.82 Å². The minimum atomic E-state index is -3.53. The fraction of sp³-hybridized carbons (Fsp3) is 0.286. The number of nitrogens with one attached hydrogen (secondary N) is 1. The molecule has 1 aliphatic heterocycles. The molecule has 162 valence electrons. The highest BCUT2D eigenvalue weighted by molar-refractivity contribution is 7.99. The Hall–Kier alpha value is -2.69. The minimum absolute atomic E-state index is 0.119. The number of sulfonamides is 1. The lowest BCUT2D eigenvalue weighted by atomic mass is 10.3. The second-order valence-corrected chi connectivity index (χ2v) is 10.1. The lowest BCUT2D eigenvalue weighted by Crippen LogP contribution is -2.28. The maximum atomic E-state index is 12.7. The normalized spacial score (nSPS) is 14.6. The predicted molar refractivity (Wildman–Crippen MR) is 120 cm³/mol. The van der Waals surface area contributed by atoms with Gasteiger partial charge in [0.25, 0.3) is 0 Å². The van der Waals surface area contributed by atoms with E-state index >= 15 is 0 Å². The average molecular weight is 458 g/mol. The molecule has 0 radical (unpaired) electrons. The zero-order valence-electron chi connectivity index (χ0n) is 17.1. The summed E-state index contributed by atoms with van der Waals surface area (Å²) in [5, 5.41) is 11.7. The molecule has 1 N–H and O–H groups in total. The van der Waals surface area contributed by atoms with Gasteiger partial charge in [-0.1, -0.05) is 36.0 Å². The summed E-state index contributed by atoms with van der Waals surface area (Å²) < 4.78 is 28.9. The Morgan fingerprint density at radius 1 is 1.06 bits per heavy atom. The van der Waals surface area contributed by atoms with Crippen molar-refractivity contribution < 1.29 is 13.2 Å². The number of anilines is 1. The highest BCUT2D eigenvalue weighted by Gasteiger charge is 2.27. The van der Waals surface area contributed by atoms with Crippen LogP contribution in [0.3, 0.4) is 0 Å². The number of para-hydroxylation sites is 1. The SMILES string of the molecule is Cc1nnc(SCC(=O)Nc2cccc(S(=O)(=O)N3CCCC3)c2)n1-c1ccccc1. The summed E-state index contributed by atoms with van der Waals surface area (Å²) in [4.78, 5) is 12.7. The van der Waals surface area contributed by atoms with E-state index in [-0.39, 0.29) is 16.6 Å². The molecular weight excluding hydrogens is 434 g/mol. The smallest absolute Gasteiger partial charge is 0.243 e. The molecule has 1 aromatic heterocycles. The number of hydrogen-bond acceptors (Lipinski definition) is 6. The van der Waals surface area contributed by atoms with Crippen LogP contribution in [-0.4, -0.2) is 52.2 Å². The largest absolute Gasteiger partial charge is 0.325 e. The Kier molecular flexibility index (Phi) is 6.40. The Morgan fingerprint density at radius 3 is 2.55 bits per heavy atom. The van der Waals surface area contributed by atoms with Gasteiger partial charge in [-0.3, -0.25) is 9.36 Å². The van der Waals surface area contributed by atoms with Crippen molar-refractivity contribution in [2.24, 2.45) is 0 Å². The van der Waals surface area contributed by atoms with E-state index in [1.54, 1.807) is 18.2 Å². The zero-order chi connectivity index (χ0) is 21.8. The fourth-order valence-electron chi connectivity index (χ4n) is 3.45. The van der Waals surface area contributed by atoms with Crippen molar-refractivity contribution in [2.75, 3.05) is 24.2 Å². The third kappa shape index (κ3) is 4.81. The van der Waals surface area contributed by atoms with E-state index in [1.807, 2.05) is 41.8 Å². The Morgan fingerprint density at radius 2 is 1.81 bits per heavy atom. The topological polar surface area (TPSA) is 97.2 Å². The molecule has 2 aromatic carbocycles. The van der Waals surface area contributed by atoms with Crippen molar-refractivity contribution >= 4 is 33.4 Å². The van der Waals surface area contributed by atoms with E-state index in [9.17, 15) is 13.2 Å². The number of amides is 1. The molecule has 0 atom stereocenters. The van der Waals surface area contributed by atoms with Gasteiger partial charge in [0.2, 0.25) is 15.9 Å². The van der Waals surface area contributed by atoms with Gasteiger partial charge in [0, 0.05) is 24.5 Å². The van der Waals surface area contributed by atoms with Crippen LogP contribution in [-0.2, 0) is 14.8 Å². The van der Waals surface area contributed by atoms with E-state index in [1.165, 1.54) is 22.1 Å². The lowest BCUT2D eigenvalue weighted by molar-refractivity contribution is -0.113. The molecule has 3 aromatic rings. The Labute approximate surface area is 185 Å². The summed E-state index contributed by atoms with van der Waals surface area (Å²) in [7, 11) is -3.53. The van der Waals surface area contributed by atoms with Gasteiger partial charge >= 0.3 is 0 Å². The first-order valence-corrected chi connectivity index (χ1v) is 12.4. The monoisotopic (exact) mass is 457 g/mol. The number of carbonyl (C=O) groups is 1. The van der Waals surface area contributed by atoms with Gasteiger partial charge in [0.05, 0.1) is 10.6 Å². The van der Waals surface area contributed by atoms with Crippen molar-refractivity contribution in [1.29, 1.82) is 0 Å². The van der Waals surface area contributed by atoms with E-state index in [2.05, 4.69) is 15.5 Å². The average Bonchev–Trinajstić information content (AvgIpc) is 3.44. The van der Waals surface area contributed by atoms with Crippen LogP contribution in [0.1, 0.15) is 18.7 Å². The van der Waals surface area contributed by atoms with E-state index < -0.39 is 10.0 Å². The summed E-state index contributed by atoms with van der Waals surface area (Å²) in [6, 6.07) is 16.1. The van der Waals surface area contributed by atoms with Gasteiger partial charge in [-0.25, -0.2) is 8.42 Å².